The molecule has 140 valence electrons. The molecule has 1 unspecified atom stereocenters. The third-order valence-electron chi connectivity index (χ3n) is 3.94. The molecule has 1 aliphatic heterocycles. The number of nitrogens with zero attached hydrogens (tertiary/aromatic N) is 2. The third-order valence-corrected chi connectivity index (χ3v) is 5.16. The standard InChI is InChI=1S/C18H28ClN3O2S/c1-4-7-22(13-16-5-6-17(19)25-16)18(23)20-10-15-12-21(8-9-24-15)11-14(2)3/h4-6,14-15H,1,7-13H2,2-3H3,(H,20,23). The highest BCUT2D eigenvalue weighted by Crippen LogP contribution is 2.22. The van der Waals surface area contributed by atoms with Gasteiger partial charge in [-0.25, -0.2) is 4.79 Å². The van der Waals surface area contributed by atoms with E-state index in [1.54, 1.807) is 11.0 Å². The molecule has 1 atom stereocenters. The number of hydrogen-bond donors (Lipinski definition) is 1. The number of thiophene rings is 1. The van der Waals surface area contributed by atoms with Gasteiger partial charge in [0.2, 0.25) is 0 Å². The van der Waals surface area contributed by atoms with Crippen LogP contribution in [0.2, 0.25) is 4.34 Å². The predicted molar refractivity (Wildman–Crippen MR) is 104 cm³/mol. The first kappa shape index (κ1) is 20.2. The van der Waals surface area contributed by atoms with Crippen molar-refractivity contribution < 1.29 is 9.53 Å². The van der Waals surface area contributed by atoms with Gasteiger partial charge in [0.15, 0.2) is 0 Å². The van der Waals surface area contributed by atoms with Crippen LogP contribution >= 0.6 is 22.9 Å². The fourth-order valence-electron chi connectivity index (χ4n) is 2.90. The van der Waals surface area contributed by atoms with Crippen molar-refractivity contribution in [2.24, 2.45) is 5.92 Å². The summed E-state index contributed by atoms with van der Waals surface area (Å²) in [5, 5.41) is 3.00. The van der Waals surface area contributed by atoms with E-state index in [0.29, 0.717) is 25.6 Å². The second-order valence-corrected chi connectivity index (χ2v) is 8.51. The van der Waals surface area contributed by atoms with E-state index in [1.165, 1.54) is 11.3 Å². The normalized spacial score (nSPS) is 18.3. The molecular formula is C18H28ClN3O2S. The van der Waals surface area contributed by atoms with E-state index in [9.17, 15) is 4.79 Å². The van der Waals surface area contributed by atoms with Gasteiger partial charge in [0, 0.05) is 37.6 Å². The first-order valence-electron chi connectivity index (χ1n) is 8.69. The molecule has 1 aromatic heterocycles. The molecule has 0 spiro atoms. The Hall–Kier alpha value is -1.08. The lowest BCUT2D eigenvalue weighted by Crippen LogP contribution is -2.50. The van der Waals surface area contributed by atoms with Crippen molar-refractivity contribution in [2.75, 3.05) is 39.3 Å². The van der Waals surface area contributed by atoms with Crippen molar-refractivity contribution in [3.8, 4) is 0 Å². The van der Waals surface area contributed by atoms with Crippen LogP contribution in [0.1, 0.15) is 18.7 Å². The van der Waals surface area contributed by atoms with E-state index < -0.39 is 0 Å². The summed E-state index contributed by atoms with van der Waals surface area (Å²) in [6.07, 6.45) is 1.77. The van der Waals surface area contributed by atoms with Gasteiger partial charge >= 0.3 is 6.03 Å². The summed E-state index contributed by atoms with van der Waals surface area (Å²) >= 11 is 7.46. The summed E-state index contributed by atoms with van der Waals surface area (Å²) in [5.74, 6) is 0.633. The minimum atomic E-state index is -0.103. The number of morpholine rings is 1. The number of carbonyl (C=O) groups excluding carboxylic acids is 1. The Morgan fingerprint density at radius 1 is 1.60 bits per heavy atom. The van der Waals surface area contributed by atoms with E-state index in [1.807, 2.05) is 12.1 Å². The lowest BCUT2D eigenvalue weighted by atomic mass is 10.2. The van der Waals surface area contributed by atoms with Crippen LogP contribution in [0, 0.1) is 5.92 Å². The minimum absolute atomic E-state index is 0.0400. The fraction of sp³-hybridized carbons (Fsp3) is 0.611. The molecule has 2 rings (SSSR count). The predicted octanol–water partition coefficient (Wildman–Crippen LogP) is 3.46. The number of amides is 2. The van der Waals surface area contributed by atoms with Crippen molar-refractivity contribution in [2.45, 2.75) is 26.5 Å². The summed E-state index contributed by atoms with van der Waals surface area (Å²) < 4.78 is 6.52. The Labute approximate surface area is 159 Å². The molecule has 25 heavy (non-hydrogen) atoms. The van der Waals surface area contributed by atoms with E-state index in [-0.39, 0.29) is 12.1 Å². The van der Waals surface area contributed by atoms with Crippen LogP contribution in [0.3, 0.4) is 0 Å². The number of halogens is 1. The van der Waals surface area contributed by atoms with E-state index >= 15 is 0 Å². The third kappa shape index (κ3) is 6.98. The Bertz CT molecular complexity index is 564. The van der Waals surface area contributed by atoms with Crippen LogP contribution in [-0.2, 0) is 11.3 Å². The van der Waals surface area contributed by atoms with Crippen LogP contribution < -0.4 is 5.32 Å². The van der Waals surface area contributed by atoms with Gasteiger partial charge in [-0.15, -0.1) is 17.9 Å². The highest BCUT2D eigenvalue weighted by Gasteiger charge is 2.22. The molecule has 0 aromatic carbocycles. The summed E-state index contributed by atoms with van der Waals surface area (Å²) in [4.78, 5) is 17.7. The lowest BCUT2D eigenvalue weighted by Gasteiger charge is -2.34. The molecule has 1 saturated heterocycles. The van der Waals surface area contributed by atoms with Gasteiger partial charge < -0.3 is 15.0 Å². The van der Waals surface area contributed by atoms with Gasteiger partial charge in [-0.05, 0) is 18.1 Å². The maximum Gasteiger partial charge on any atom is 0.318 e. The van der Waals surface area contributed by atoms with Gasteiger partial charge in [0.05, 0.1) is 23.6 Å². The molecule has 2 heterocycles. The van der Waals surface area contributed by atoms with Crippen LogP contribution in [-0.4, -0.2) is 61.3 Å². The summed E-state index contributed by atoms with van der Waals surface area (Å²) in [6, 6.07) is 3.70. The zero-order valence-corrected chi connectivity index (χ0v) is 16.6. The second-order valence-electron chi connectivity index (χ2n) is 6.71. The zero-order valence-electron chi connectivity index (χ0n) is 15.0. The average molecular weight is 386 g/mol. The Kier molecular flexibility index (Phi) is 8.22. The SMILES string of the molecule is C=CCN(Cc1ccc(Cl)s1)C(=O)NCC1CN(CC(C)C)CCO1. The summed E-state index contributed by atoms with van der Waals surface area (Å²) in [6.45, 7) is 13.3. The average Bonchev–Trinajstić information content (AvgIpc) is 2.97. The molecule has 0 bridgehead atoms. The van der Waals surface area contributed by atoms with Crippen molar-refractivity contribution in [3.05, 3.63) is 34.0 Å². The molecule has 0 aliphatic carbocycles. The van der Waals surface area contributed by atoms with Crippen molar-refractivity contribution in [1.29, 1.82) is 0 Å². The van der Waals surface area contributed by atoms with E-state index in [4.69, 9.17) is 16.3 Å². The number of hydrogen-bond acceptors (Lipinski definition) is 4. The molecule has 1 aliphatic rings. The Morgan fingerprint density at radius 2 is 2.40 bits per heavy atom. The van der Waals surface area contributed by atoms with Crippen LogP contribution in [0.15, 0.2) is 24.8 Å². The Balaban J connectivity index is 1.82. The topological polar surface area (TPSA) is 44.8 Å². The monoisotopic (exact) mass is 385 g/mol. The minimum Gasteiger partial charge on any atom is -0.374 e. The molecule has 0 saturated carbocycles. The number of urea groups is 1. The molecule has 7 heteroatoms. The maximum atomic E-state index is 12.5. The molecule has 2 amide bonds. The van der Waals surface area contributed by atoms with Gasteiger partial charge in [-0.3, -0.25) is 4.90 Å². The van der Waals surface area contributed by atoms with Gasteiger partial charge in [-0.2, -0.15) is 0 Å². The molecule has 1 fully saturated rings. The molecular weight excluding hydrogens is 358 g/mol. The van der Waals surface area contributed by atoms with Crippen molar-refractivity contribution in [1.82, 2.24) is 15.1 Å². The van der Waals surface area contributed by atoms with Crippen LogP contribution in [0.4, 0.5) is 4.79 Å². The van der Waals surface area contributed by atoms with E-state index in [0.717, 1.165) is 35.5 Å². The fourth-order valence-corrected chi connectivity index (χ4v) is 4.00. The second kappa shape index (κ2) is 10.2. The van der Waals surface area contributed by atoms with Crippen molar-refractivity contribution >= 4 is 29.0 Å². The lowest BCUT2D eigenvalue weighted by molar-refractivity contribution is -0.0294. The first-order valence-corrected chi connectivity index (χ1v) is 9.89. The highest BCUT2D eigenvalue weighted by molar-refractivity contribution is 7.16. The molecule has 1 aromatic rings. The summed E-state index contributed by atoms with van der Waals surface area (Å²) in [7, 11) is 0. The molecule has 5 nitrogen and oxygen atoms in total. The van der Waals surface area contributed by atoms with Gasteiger partial charge in [-0.1, -0.05) is 31.5 Å². The van der Waals surface area contributed by atoms with Crippen LogP contribution in [0.25, 0.3) is 0 Å². The number of rotatable bonds is 8. The number of ether oxygens (including phenoxy) is 1. The highest BCUT2D eigenvalue weighted by atomic mass is 35.5. The molecule has 0 radical (unpaired) electrons. The van der Waals surface area contributed by atoms with Crippen molar-refractivity contribution in [3.63, 3.8) is 0 Å². The molecule has 1 N–H and O–H groups in total. The maximum absolute atomic E-state index is 12.5. The quantitative estimate of drug-likeness (QED) is 0.697. The Morgan fingerprint density at radius 3 is 3.04 bits per heavy atom. The summed E-state index contributed by atoms with van der Waals surface area (Å²) in [5.41, 5.74) is 0. The van der Waals surface area contributed by atoms with Gasteiger partial charge in [0.1, 0.15) is 0 Å². The number of nitrogens with one attached hydrogen (secondary N) is 1. The number of carbonyl (C=O) groups is 1. The van der Waals surface area contributed by atoms with Gasteiger partial charge in [0.25, 0.3) is 0 Å². The smallest absolute Gasteiger partial charge is 0.318 e. The van der Waals surface area contributed by atoms with E-state index in [2.05, 4.69) is 30.6 Å². The van der Waals surface area contributed by atoms with Crippen LogP contribution in [0.5, 0.6) is 0 Å². The zero-order chi connectivity index (χ0) is 18.2. The largest absolute Gasteiger partial charge is 0.374 e. The first-order chi connectivity index (χ1) is 12.0.